The number of thiocarbonyl (C=S) groups is 1. The fourth-order valence-corrected chi connectivity index (χ4v) is 1.64. The van der Waals surface area contributed by atoms with E-state index in [0.717, 1.165) is 18.0 Å². The third-order valence-corrected chi connectivity index (χ3v) is 2.78. The number of nitrogens with one attached hydrogen (secondary N) is 1. The SMILES string of the molecule is Cc1cc(C(N)=S)ccc1NCCC(C)C. The van der Waals surface area contributed by atoms with Crippen molar-refractivity contribution in [1.29, 1.82) is 0 Å². The molecule has 0 aliphatic heterocycles. The third-order valence-electron chi connectivity index (χ3n) is 2.55. The predicted molar refractivity (Wildman–Crippen MR) is 75.0 cm³/mol. The molecule has 0 saturated heterocycles. The van der Waals surface area contributed by atoms with Gasteiger partial charge in [-0.05, 0) is 43.0 Å². The van der Waals surface area contributed by atoms with Gasteiger partial charge in [-0.3, -0.25) is 0 Å². The Labute approximate surface area is 103 Å². The quantitative estimate of drug-likeness (QED) is 0.772. The number of nitrogens with two attached hydrogens (primary N) is 1. The second kappa shape index (κ2) is 5.85. The summed E-state index contributed by atoms with van der Waals surface area (Å²) in [5, 5.41) is 3.43. The molecule has 16 heavy (non-hydrogen) atoms. The van der Waals surface area contributed by atoms with Gasteiger partial charge in [-0.1, -0.05) is 26.1 Å². The van der Waals surface area contributed by atoms with Crippen molar-refractivity contribution in [1.82, 2.24) is 0 Å². The lowest BCUT2D eigenvalue weighted by Crippen LogP contribution is -2.11. The maximum absolute atomic E-state index is 5.58. The van der Waals surface area contributed by atoms with Crippen LogP contribution in [0, 0.1) is 12.8 Å². The Kier molecular flexibility index (Phi) is 4.74. The van der Waals surface area contributed by atoms with Crippen LogP contribution in [0.4, 0.5) is 5.69 Å². The fourth-order valence-electron chi connectivity index (χ4n) is 1.51. The van der Waals surface area contributed by atoms with Crippen molar-refractivity contribution in [2.24, 2.45) is 11.7 Å². The molecule has 0 aliphatic carbocycles. The number of hydrogen-bond acceptors (Lipinski definition) is 2. The average molecular weight is 236 g/mol. The van der Waals surface area contributed by atoms with Gasteiger partial charge in [-0.25, -0.2) is 0 Å². The minimum atomic E-state index is 0.455. The molecule has 3 heteroatoms. The molecular formula is C13H20N2S. The predicted octanol–water partition coefficient (Wildman–Crippen LogP) is 3.09. The van der Waals surface area contributed by atoms with Crippen molar-refractivity contribution < 1.29 is 0 Å². The van der Waals surface area contributed by atoms with Crippen LogP contribution in [0.25, 0.3) is 0 Å². The van der Waals surface area contributed by atoms with E-state index in [-0.39, 0.29) is 0 Å². The summed E-state index contributed by atoms with van der Waals surface area (Å²) in [6.07, 6.45) is 1.18. The summed E-state index contributed by atoms with van der Waals surface area (Å²) in [5.74, 6) is 0.726. The normalized spacial score (nSPS) is 10.5. The summed E-state index contributed by atoms with van der Waals surface area (Å²) in [4.78, 5) is 0.455. The highest BCUT2D eigenvalue weighted by Gasteiger charge is 2.02. The molecule has 0 heterocycles. The summed E-state index contributed by atoms with van der Waals surface area (Å²) in [6.45, 7) is 7.53. The Hall–Kier alpha value is -1.09. The Bertz CT molecular complexity index is 372. The van der Waals surface area contributed by atoms with Crippen molar-refractivity contribution in [2.45, 2.75) is 27.2 Å². The number of aryl methyl sites for hydroxylation is 1. The molecule has 0 aliphatic rings. The largest absolute Gasteiger partial charge is 0.389 e. The van der Waals surface area contributed by atoms with Gasteiger partial charge in [-0.2, -0.15) is 0 Å². The zero-order chi connectivity index (χ0) is 12.1. The molecule has 1 rings (SSSR count). The van der Waals surface area contributed by atoms with E-state index in [1.54, 1.807) is 0 Å². The first-order chi connectivity index (χ1) is 7.50. The highest BCUT2D eigenvalue weighted by Crippen LogP contribution is 2.16. The third kappa shape index (κ3) is 3.81. The molecule has 0 spiro atoms. The summed E-state index contributed by atoms with van der Waals surface area (Å²) >= 11 is 4.94. The van der Waals surface area contributed by atoms with Crippen LogP contribution in [-0.2, 0) is 0 Å². The van der Waals surface area contributed by atoms with Crippen LogP contribution < -0.4 is 11.1 Å². The van der Waals surface area contributed by atoms with Gasteiger partial charge in [-0.15, -0.1) is 0 Å². The molecule has 88 valence electrons. The molecule has 0 aromatic heterocycles. The van der Waals surface area contributed by atoms with Crippen LogP contribution in [0.1, 0.15) is 31.4 Å². The van der Waals surface area contributed by atoms with Crippen LogP contribution in [-0.4, -0.2) is 11.5 Å². The van der Waals surface area contributed by atoms with Gasteiger partial charge in [0.25, 0.3) is 0 Å². The first-order valence-electron chi connectivity index (χ1n) is 5.65. The van der Waals surface area contributed by atoms with Crippen LogP contribution >= 0.6 is 12.2 Å². The van der Waals surface area contributed by atoms with E-state index in [1.165, 1.54) is 17.7 Å². The maximum Gasteiger partial charge on any atom is 0.103 e. The molecule has 0 radical (unpaired) electrons. The Balaban J connectivity index is 2.64. The van der Waals surface area contributed by atoms with E-state index in [1.807, 2.05) is 18.2 Å². The number of benzene rings is 1. The Morgan fingerprint density at radius 3 is 2.62 bits per heavy atom. The maximum atomic E-state index is 5.58. The first kappa shape index (κ1) is 13.0. The van der Waals surface area contributed by atoms with Gasteiger partial charge in [0.2, 0.25) is 0 Å². The minimum absolute atomic E-state index is 0.455. The van der Waals surface area contributed by atoms with E-state index in [0.29, 0.717) is 4.99 Å². The lowest BCUT2D eigenvalue weighted by atomic mass is 10.1. The molecule has 0 amide bonds. The van der Waals surface area contributed by atoms with Crippen LogP contribution in [0.5, 0.6) is 0 Å². The Morgan fingerprint density at radius 1 is 1.44 bits per heavy atom. The van der Waals surface area contributed by atoms with Crippen LogP contribution in [0.15, 0.2) is 18.2 Å². The number of hydrogen-bond donors (Lipinski definition) is 2. The highest BCUT2D eigenvalue weighted by molar-refractivity contribution is 7.80. The topological polar surface area (TPSA) is 38.0 Å². The standard InChI is InChI=1S/C13H20N2S/c1-9(2)6-7-15-12-5-4-11(13(14)16)8-10(12)3/h4-5,8-9,15H,6-7H2,1-3H3,(H2,14,16). The molecule has 2 nitrogen and oxygen atoms in total. The average Bonchev–Trinajstić information content (AvgIpc) is 2.19. The Morgan fingerprint density at radius 2 is 2.12 bits per heavy atom. The molecule has 3 N–H and O–H groups in total. The van der Waals surface area contributed by atoms with E-state index in [9.17, 15) is 0 Å². The van der Waals surface area contributed by atoms with Crippen LogP contribution in [0.2, 0.25) is 0 Å². The molecule has 0 bridgehead atoms. The molecule has 0 atom stereocenters. The molecule has 0 fully saturated rings. The zero-order valence-corrected chi connectivity index (χ0v) is 11.0. The van der Waals surface area contributed by atoms with Gasteiger partial charge in [0.05, 0.1) is 0 Å². The summed E-state index contributed by atoms with van der Waals surface area (Å²) in [6, 6.07) is 6.04. The molecule has 1 aromatic carbocycles. The summed E-state index contributed by atoms with van der Waals surface area (Å²) in [5.41, 5.74) is 8.87. The van der Waals surface area contributed by atoms with Crippen molar-refractivity contribution in [3.63, 3.8) is 0 Å². The number of rotatable bonds is 5. The second-order valence-corrected chi connectivity index (χ2v) is 4.94. The monoisotopic (exact) mass is 236 g/mol. The van der Waals surface area contributed by atoms with Gasteiger partial charge >= 0.3 is 0 Å². The van der Waals surface area contributed by atoms with Crippen LogP contribution in [0.3, 0.4) is 0 Å². The van der Waals surface area contributed by atoms with Gasteiger partial charge in [0.15, 0.2) is 0 Å². The molecular weight excluding hydrogens is 216 g/mol. The van der Waals surface area contributed by atoms with E-state index < -0.39 is 0 Å². The van der Waals surface area contributed by atoms with E-state index in [4.69, 9.17) is 18.0 Å². The van der Waals surface area contributed by atoms with Gasteiger partial charge < -0.3 is 11.1 Å². The van der Waals surface area contributed by atoms with Crippen molar-refractivity contribution in [3.8, 4) is 0 Å². The lowest BCUT2D eigenvalue weighted by Gasteiger charge is -2.12. The molecule has 0 unspecified atom stereocenters. The molecule has 1 aromatic rings. The second-order valence-electron chi connectivity index (χ2n) is 4.50. The van der Waals surface area contributed by atoms with Crippen molar-refractivity contribution >= 4 is 22.9 Å². The highest BCUT2D eigenvalue weighted by atomic mass is 32.1. The lowest BCUT2D eigenvalue weighted by molar-refractivity contribution is 0.607. The van der Waals surface area contributed by atoms with E-state index >= 15 is 0 Å². The van der Waals surface area contributed by atoms with E-state index in [2.05, 4.69) is 26.1 Å². The number of anilines is 1. The molecule has 0 saturated carbocycles. The van der Waals surface area contributed by atoms with Gasteiger partial charge in [0, 0.05) is 17.8 Å². The minimum Gasteiger partial charge on any atom is -0.389 e. The van der Waals surface area contributed by atoms with Gasteiger partial charge in [0.1, 0.15) is 4.99 Å². The summed E-state index contributed by atoms with van der Waals surface area (Å²) in [7, 11) is 0. The summed E-state index contributed by atoms with van der Waals surface area (Å²) < 4.78 is 0. The smallest absolute Gasteiger partial charge is 0.103 e. The fraction of sp³-hybridized carbons (Fsp3) is 0.462. The first-order valence-corrected chi connectivity index (χ1v) is 6.06. The van der Waals surface area contributed by atoms with Crippen molar-refractivity contribution in [3.05, 3.63) is 29.3 Å². The van der Waals surface area contributed by atoms with Crippen molar-refractivity contribution in [2.75, 3.05) is 11.9 Å². The zero-order valence-electron chi connectivity index (χ0n) is 10.2.